The molecule has 0 bridgehead atoms. The Morgan fingerprint density at radius 2 is 1.67 bits per heavy atom. The molecule has 2 atom stereocenters. The van der Waals surface area contributed by atoms with Crippen molar-refractivity contribution in [2.75, 3.05) is 0 Å². The second-order valence-electron chi connectivity index (χ2n) is 6.85. The quantitative estimate of drug-likeness (QED) is 0.466. The van der Waals surface area contributed by atoms with Gasteiger partial charge in [0.25, 0.3) is 0 Å². The van der Waals surface area contributed by atoms with Crippen LogP contribution in [0.3, 0.4) is 0 Å². The largest absolute Gasteiger partial charge is 0.508 e. The molecule has 1 aliphatic rings. The summed E-state index contributed by atoms with van der Waals surface area (Å²) in [7, 11) is 0. The van der Waals surface area contributed by atoms with Crippen molar-refractivity contribution in [3.8, 4) is 11.5 Å². The van der Waals surface area contributed by atoms with Crippen LogP contribution in [0, 0.1) is 5.82 Å². The molecule has 152 valence electrons. The summed E-state index contributed by atoms with van der Waals surface area (Å²) in [6, 6.07) is 17.2. The van der Waals surface area contributed by atoms with Crippen LogP contribution in [0.5, 0.6) is 11.5 Å². The van der Waals surface area contributed by atoms with E-state index in [4.69, 9.17) is 9.29 Å². The van der Waals surface area contributed by atoms with Gasteiger partial charge in [-0.05, 0) is 41.5 Å². The van der Waals surface area contributed by atoms with Crippen LogP contribution in [-0.2, 0) is 21.6 Å². The Hall–Kier alpha value is -3.29. The molecule has 0 radical (unpaired) electrons. The van der Waals surface area contributed by atoms with E-state index in [0.29, 0.717) is 39.3 Å². The van der Waals surface area contributed by atoms with Crippen molar-refractivity contribution >= 4 is 28.7 Å². The summed E-state index contributed by atoms with van der Waals surface area (Å²) in [5.41, 5.74) is 3.00. The van der Waals surface area contributed by atoms with Crippen LogP contribution in [0.15, 0.2) is 66.7 Å². The zero-order chi connectivity index (χ0) is 21.3. The molecule has 2 N–H and O–H groups in total. The highest BCUT2D eigenvalue weighted by atomic mass is 32.2. The maximum Gasteiger partial charge on any atom is 0.157 e. The smallest absolute Gasteiger partial charge is 0.157 e. The van der Waals surface area contributed by atoms with Gasteiger partial charge in [0.05, 0.1) is 11.7 Å². The van der Waals surface area contributed by atoms with Gasteiger partial charge in [0.1, 0.15) is 29.4 Å². The Morgan fingerprint density at radius 3 is 2.30 bits per heavy atom. The third kappa shape index (κ3) is 3.90. The van der Waals surface area contributed by atoms with E-state index in [0.717, 1.165) is 6.29 Å². The van der Waals surface area contributed by atoms with Crippen molar-refractivity contribution in [2.24, 2.45) is 0 Å². The van der Waals surface area contributed by atoms with Gasteiger partial charge in [-0.1, -0.05) is 36.4 Å². The molecule has 0 saturated carbocycles. The number of hydrogen-bond acceptors (Lipinski definition) is 4. The molecular formula is C23H17FO5S. The third-order valence-electron chi connectivity index (χ3n) is 4.89. The number of carbonyl (C=O) groups excluding carboxylic acids is 1. The van der Waals surface area contributed by atoms with Crippen LogP contribution in [0.25, 0.3) is 11.3 Å². The maximum atomic E-state index is 13.5. The summed E-state index contributed by atoms with van der Waals surface area (Å²) in [6.45, 7) is 0. The minimum atomic E-state index is -1.95. The molecular weight excluding hydrogens is 407 g/mol. The predicted octanol–water partition coefficient (Wildman–Crippen LogP) is 4.50. The number of fused-ring (bicyclic) bond motifs is 1. The van der Waals surface area contributed by atoms with Crippen molar-refractivity contribution in [1.82, 2.24) is 0 Å². The second kappa shape index (κ2) is 8.22. The number of phenolic OH excluding ortho intramolecular Hbond substituents is 1. The van der Waals surface area contributed by atoms with Crippen LogP contribution < -0.4 is 4.74 Å². The fourth-order valence-corrected chi connectivity index (χ4v) is 4.00. The van der Waals surface area contributed by atoms with Crippen LogP contribution in [0.1, 0.15) is 28.2 Å². The molecule has 0 spiro atoms. The molecule has 5 nitrogen and oxygen atoms in total. The van der Waals surface area contributed by atoms with E-state index in [1.807, 2.05) is 0 Å². The molecule has 3 aromatic carbocycles. The number of rotatable bonds is 5. The number of halogens is 1. The first-order valence-corrected chi connectivity index (χ1v) is 10.4. The Morgan fingerprint density at radius 1 is 1.00 bits per heavy atom. The number of aldehydes is 1. The van der Waals surface area contributed by atoms with Crippen LogP contribution >= 0.6 is 0 Å². The second-order valence-corrected chi connectivity index (χ2v) is 7.78. The molecule has 0 aliphatic carbocycles. The molecule has 30 heavy (non-hydrogen) atoms. The lowest BCUT2D eigenvalue weighted by Gasteiger charge is -2.28. The highest BCUT2D eigenvalue weighted by molar-refractivity contribution is 7.78. The van der Waals surface area contributed by atoms with E-state index in [1.165, 1.54) is 24.3 Å². The van der Waals surface area contributed by atoms with Gasteiger partial charge < -0.3 is 19.2 Å². The molecule has 2 unspecified atom stereocenters. The summed E-state index contributed by atoms with van der Waals surface area (Å²) >= 11 is -1.95. The van der Waals surface area contributed by atoms with Crippen molar-refractivity contribution in [1.29, 1.82) is 0 Å². The van der Waals surface area contributed by atoms with Gasteiger partial charge in [0.2, 0.25) is 0 Å². The monoisotopic (exact) mass is 424 g/mol. The minimum absolute atomic E-state index is 0.00404. The summed E-state index contributed by atoms with van der Waals surface area (Å²) in [4.78, 5) is 12.1. The first-order chi connectivity index (χ1) is 14.5. The average Bonchev–Trinajstić information content (AvgIpc) is 2.73. The summed E-state index contributed by atoms with van der Waals surface area (Å²) < 4.78 is 39.8. The molecule has 1 aliphatic heterocycles. The summed E-state index contributed by atoms with van der Waals surface area (Å²) in [6.07, 6.45) is 0.767. The average molecular weight is 424 g/mol. The van der Waals surface area contributed by atoms with E-state index in [2.05, 4.69) is 0 Å². The van der Waals surface area contributed by atoms with Crippen molar-refractivity contribution in [3.05, 3.63) is 94.8 Å². The van der Waals surface area contributed by atoms with E-state index in [9.17, 15) is 18.5 Å². The van der Waals surface area contributed by atoms with Gasteiger partial charge in [-0.2, -0.15) is 0 Å². The normalized spacial score (nSPS) is 16.5. The number of allylic oxidation sites excluding steroid dienone is 1. The molecule has 7 heteroatoms. The summed E-state index contributed by atoms with van der Waals surface area (Å²) in [5, 5.41) is 9.90. The van der Waals surface area contributed by atoms with E-state index in [-0.39, 0.29) is 11.5 Å². The van der Waals surface area contributed by atoms with E-state index < -0.39 is 22.8 Å². The molecule has 0 amide bonds. The highest BCUT2D eigenvalue weighted by Crippen LogP contribution is 2.46. The SMILES string of the molecule is O=CC1C(c2ccc(F)cc2)=C(c2ccc(CS(=O)O)cc2)Oc2ccc(O)cc21. The zero-order valence-corrected chi connectivity index (χ0v) is 16.4. The third-order valence-corrected chi connectivity index (χ3v) is 5.47. The van der Waals surface area contributed by atoms with E-state index >= 15 is 0 Å². The van der Waals surface area contributed by atoms with Crippen molar-refractivity contribution in [2.45, 2.75) is 11.7 Å². The molecule has 0 fully saturated rings. The molecule has 0 saturated heterocycles. The first kappa shape index (κ1) is 20.0. The lowest BCUT2D eigenvalue weighted by atomic mass is 9.83. The van der Waals surface area contributed by atoms with Gasteiger partial charge in [-0.3, -0.25) is 0 Å². The van der Waals surface area contributed by atoms with Crippen molar-refractivity contribution < 1.29 is 27.8 Å². The fourth-order valence-electron chi connectivity index (χ4n) is 3.52. The van der Waals surface area contributed by atoms with Crippen molar-refractivity contribution in [3.63, 3.8) is 0 Å². The highest BCUT2D eigenvalue weighted by Gasteiger charge is 2.31. The van der Waals surface area contributed by atoms with Gasteiger partial charge >= 0.3 is 0 Å². The maximum absolute atomic E-state index is 13.5. The number of ether oxygens (including phenoxy) is 1. The molecule has 0 aromatic heterocycles. The summed E-state index contributed by atoms with van der Waals surface area (Å²) in [5.74, 6) is -0.262. The first-order valence-electron chi connectivity index (χ1n) is 9.09. The van der Waals surface area contributed by atoms with Crippen LogP contribution in [0.2, 0.25) is 0 Å². The number of carbonyl (C=O) groups is 1. The van der Waals surface area contributed by atoms with Gasteiger partial charge in [0, 0.05) is 16.7 Å². The van der Waals surface area contributed by atoms with Gasteiger partial charge in [-0.15, -0.1) is 0 Å². The standard InChI is InChI=1S/C23H17FO5S/c24-17-7-5-15(6-8-17)22-20(12-25)19-11-18(26)9-10-21(19)29-23(22)16-3-1-14(2-4-16)13-30(27)28/h1-12,20,26H,13H2,(H,27,28). The number of hydrogen-bond donors (Lipinski definition) is 2. The predicted molar refractivity (Wildman–Crippen MR) is 112 cm³/mol. The topological polar surface area (TPSA) is 83.8 Å². The number of aromatic hydroxyl groups is 1. The molecule has 1 heterocycles. The Labute approximate surface area is 174 Å². The van der Waals surface area contributed by atoms with Gasteiger partial charge in [-0.25, -0.2) is 8.60 Å². The van der Waals surface area contributed by atoms with E-state index in [1.54, 1.807) is 42.5 Å². The number of phenols is 1. The Kier molecular flexibility index (Phi) is 5.48. The minimum Gasteiger partial charge on any atom is -0.508 e. The molecule has 4 rings (SSSR count). The van der Waals surface area contributed by atoms with Crippen LogP contribution in [-0.4, -0.2) is 20.2 Å². The molecule has 3 aromatic rings. The van der Waals surface area contributed by atoms with Gasteiger partial charge in [0.15, 0.2) is 11.1 Å². The lowest BCUT2D eigenvalue weighted by molar-refractivity contribution is -0.108. The lowest BCUT2D eigenvalue weighted by Crippen LogP contribution is -2.16. The zero-order valence-electron chi connectivity index (χ0n) is 15.6. The Bertz CT molecular complexity index is 1150. The number of benzene rings is 3. The fraction of sp³-hybridized carbons (Fsp3) is 0.0870. The Balaban J connectivity index is 1.90. The van der Waals surface area contributed by atoms with Crippen LogP contribution in [0.4, 0.5) is 4.39 Å².